The van der Waals surface area contributed by atoms with Crippen LogP contribution >= 0.6 is 15.9 Å². The average molecular weight is 340 g/mol. The number of hydrogen-bond donors (Lipinski definition) is 1. The van der Waals surface area contributed by atoms with E-state index in [1.54, 1.807) is 6.92 Å². The zero-order valence-corrected chi connectivity index (χ0v) is 14.4. The zero-order chi connectivity index (χ0) is 15.0. The van der Waals surface area contributed by atoms with Gasteiger partial charge in [-0.25, -0.2) is 0 Å². The highest BCUT2D eigenvalue weighted by Gasteiger charge is 2.09. The van der Waals surface area contributed by atoms with Crippen LogP contribution in [0.3, 0.4) is 0 Å². The van der Waals surface area contributed by atoms with E-state index in [4.69, 9.17) is 0 Å². The fourth-order valence-corrected chi connectivity index (χ4v) is 3.18. The second kappa shape index (κ2) is 9.30. The van der Waals surface area contributed by atoms with Crippen LogP contribution < -0.4 is 5.32 Å². The summed E-state index contributed by atoms with van der Waals surface area (Å²) in [6.45, 7) is 8.43. The summed E-state index contributed by atoms with van der Waals surface area (Å²) in [5.74, 6) is 1.16. The predicted octanol–water partition coefficient (Wildman–Crippen LogP) is 4.61. The molecular weight excluding hydrogens is 314 g/mol. The van der Waals surface area contributed by atoms with Gasteiger partial charge in [-0.15, -0.1) is 0 Å². The summed E-state index contributed by atoms with van der Waals surface area (Å²) < 4.78 is 1.03. The minimum absolute atomic E-state index is 0.133. The van der Waals surface area contributed by atoms with Crippen molar-refractivity contribution >= 4 is 21.7 Å². The molecule has 0 saturated carbocycles. The summed E-state index contributed by atoms with van der Waals surface area (Å²) in [4.78, 5) is 11.2. The van der Waals surface area contributed by atoms with E-state index in [0.717, 1.165) is 27.9 Å². The third-order valence-corrected chi connectivity index (χ3v) is 4.63. The summed E-state index contributed by atoms with van der Waals surface area (Å²) in [5, 5.41) is 3.35. The minimum Gasteiger partial charge on any atom is -0.317 e. The van der Waals surface area contributed by atoms with Crippen molar-refractivity contribution < 1.29 is 4.79 Å². The fraction of sp³-hybridized carbons (Fsp3) is 0.588. The molecule has 2 rings (SSSR count). The SMILES string of the molecule is CCC1CCNCC1.CCc1c(Br)cccc1C(C)=O. The highest BCUT2D eigenvalue weighted by atomic mass is 79.9. The van der Waals surface area contributed by atoms with Crippen molar-refractivity contribution in [3.8, 4) is 0 Å². The maximum Gasteiger partial charge on any atom is 0.160 e. The normalized spacial score (nSPS) is 15.4. The maximum atomic E-state index is 11.2. The van der Waals surface area contributed by atoms with Crippen LogP contribution in [0, 0.1) is 5.92 Å². The monoisotopic (exact) mass is 339 g/mol. The van der Waals surface area contributed by atoms with Gasteiger partial charge in [0.2, 0.25) is 0 Å². The van der Waals surface area contributed by atoms with Gasteiger partial charge in [0, 0.05) is 10.0 Å². The number of nitrogens with one attached hydrogen (secondary N) is 1. The quantitative estimate of drug-likeness (QED) is 0.814. The Morgan fingerprint density at radius 3 is 2.35 bits per heavy atom. The molecule has 1 aromatic rings. The van der Waals surface area contributed by atoms with E-state index < -0.39 is 0 Å². The number of carbonyl (C=O) groups is 1. The first-order chi connectivity index (χ1) is 9.60. The molecule has 1 N–H and O–H groups in total. The van der Waals surface area contributed by atoms with E-state index in [0.29, 0.717) is 0 Å². The summed E-state index contributed by atoms with van der Waals surface area (Å²) in [7, 11) is 0. The number of piperidine rings is 1. The highest BCUT2D eigenvalue weighted by molar-refractivity contribution is 9.10. The van der Waals surface area contributed by atoms with Gasteiger partial charge >= 0.3 is 0 Å². The lowest BCUT2D eigenvalue weighted by atomic mass is 9.96. The van der Waals surface area contributed by atoms with E-state index >= 15 is 0 Å². The Kier molecular flexibility index (Phi) is 8.08. The summed E-state index contributed by atoms with van der Waals surface area (Å²) >= 11 is 3.42. The smallest absolute Gasteiger partial charge is 0.160 e. The van der Waals surface area contributed by atoms with Crippen LogP contribution in [0.15, 0.2) is 22.7 Å². The van der Waals surface area contributed by atoms with E-state index in [-0.39, 0.29) is 5.78 Å². The zero-order valence-electron chi connectivity index (χ0n) is 12.8. The van der Waals surface area contributed by atoms with Crippen molar-refractivity contribution in [1.82, 2.24) is 5.32 Å². The third-order valence-electron chi connectivity index (χ3n) is 3.89. The molecule has 0 spiro atoms. The number of ketones is 1. The Morgan fingerprint density at radius 1 is 1.30 bits per heavy atom. The van der Waals surface area contributed by atoms with Gasteiger partial charge in [0.25, 0.3) is 0 Å². The number of hydrogen-bond acceptors (Lipinski definition) is 2. The van der Waals surface area contributed by atoms with Crippen LogP contribution in [-0.4, -0.2) is 18.9 Å². The van der Waals surface area contributed by atoms with Crippen molar-refractivity contribution in [1.29, 1.82) is 0 Å². The first-order valence-corrected chi connectivity index (χ1v) is 8.38. The molecule has 0 aromatic heterocycles. The lowest BCUT2D eigenvalue weighted by Gasteiger charge is -2.20. The molecule has 3 heteroatoms. The number of halogens is 1. The molecule has 0 amide bonds. The second-order valence-corrected chi connectivity index (χ2v) is 6.13. The van der Waals surface area contributed by atoms with Crippen LogP contribution in [-0.2, 0) is 6.42 Å². The van der Waals surface area contributed by atoms with Crippen molar-refractivity contribution in [2.75, 3.05) is 13.1 Å². The minimum atomic E-state index is 0.133. The molecule has 1 aliphatic heterocycles. The second-order valence-electron chi connectivity index (χ2n) is 5.28. The Balaban J connectivity index is 0.000000217. The van der Waals surface area contributed by atoms with Gasteiger partial charge in [-0.05, 0) is 56.8 Å². The third kappa shape index (κ3) is 5.37. The van der Waals surface area contributed by atoms with Crippen molar-refractivity contribution in [2.24, 2.45) is 5.92 Å². The van der Waals surface area contributed by atoms with E-state index in [2.05, 4.69) is 28.2 Å². The largest absolute Gasteiger partial charge is 0.317 e. The predicted molar refractivity (Wildman–Crippen MR) is 89.4 cm³/mol. The first-order valence-electron chi connectivity index (χ1n) is 7.59. The van der Waals surface area contributed by atoms with Crippen LogP contribution in [0.25, 0.3) is 0 Å². The van der Waals surface area contributed by atoms with Gasteiger partial charge < -0.3 is 5.32 Å². The van der Waals surface area contributed by atoms with E-state index in [1.165, 1.54) is 32.4 Å². The molecule has 0 aliphatic carbocycles. The number of Topliss-reactive ketones (excluding diaryl/α,β-unsaturated/α-hetero) is 1. The Morgan fingerprint density at radius 2 is 1.95 bits per heavy atom. The molecule has 1 aromatic carbocycles. The van der Waals surface area contributed by atoms with Crippen molar-refractivity contribution in [3.63, 3.8) is 0 Å². The molecule has 112 valence electrons. The fourth-order valence-electron chi connectivity index (χ4n) is 2.54. The molecule has 0 unspecified atom stereocenters. The standard InChI is InChI=1S/C10H11BrO.C7H15N/c1-3-8-9(7(2)12)5-4-6-10(8)11;1-2-7-3-5-8-6-4-7/h4-6H,3H2,1-2H3;7-8H,2-6H2,1H3. The Hall–Kier alpha value is -0.670. The van der Waals surface area contributed by atoms with Crippen LogP contribution in [0.2, 0.25) is 0 Å². The van der Waals surface area contributed by atoms with Crippen molar-refractivity contribution in [2.45, 2.75) is 46.5 Å². The van der Waals surface area contributed by atoms with Gasteiger partial charge in [-0.1, -0.05) is 48.3 Å². The summed E-state index contributed by atoms with van der Waals surface area (Å²) in [5.41, 5.74) is 1.93. The maximum absolute atomic E-state index is 11.2. The van der Waals surface area contributed by atoms with Gasteiger partial charge in [-0.2, -0.15) is 0 Å². The molecule has 1 fully saturated rings. The van der Waals surface area contributed by atoms with E-state index in [9.17, 15) is 4.79 Å². The van der Waals surface area contributed by atoms with Crippen LogP contribution in [0.4, 0.5) is 0 Å². The molecule has 0 radical (unpaired) electrons. The van der Waals surface area contributed by atoms with Crippen LogP contribution in [0.1, 0.15) is 56.0 Å². The molecule has 1 saturated heterocycles. The summed E-state index contributed by atoms with van der Waals surface area (Å²) in [6.07, 6.45) is 5.06. The molecule has 1 aliphatic rings. The van der Waals surface area contributed by atoms with E-state index in [1.807, 2.05) is 25.1 Å². The van der Waals surface area contributed by atoms with Crippen LogP contribution in [0.5, 0.6) is 0 Å². The first kappa shape index (κ1) is 17.4. The number of rotatable bonds is 3. The van der Waals surface area contributed by atoms with Gasteiger partial charge in [0.1, 0.15) is 0 Å². The molecule has 0 atom stereocenters. The Bertz CT molecular complexity index is 425. The molecule has 1 heterocycles. The topological polar surface area (TPSA) is 29.1 Å². The molecule has 2 nitrogen and oxygen atoms in total. The lowest BCUT2D eigenvalue weighted by Crippen LogP contribution is -2.27. The highest BCUT2D eigenvalue weighted by Crippen LogP contribution is 2.21. The Labute approximate surface area is 131 Å². The summed E-state index contributed by atoms with van der Waals surface area (Å²) in [6, 6.07) is 5.72. The molecule has 0 bridgehead atoms. The number of carbonyl (C=O) groups excluding carboxylic acids is 1. The number of benzene rings is 1. The van der Waals surface area contributed by atoms with Crippen molar-refractivity contribution in [3.05, 3.63) is 33.8 Å². The van der Waals surface area contributed by atoms with Gasteiger partial charge in [0.05, 0.1) is 0 Å². The van der Waals surface area contributed by atoms with Gasteiger partial charge in [-0.3, -0.25) is 4.79 Å². The lowest BCUT2D eigenvalue weighted by molar-refractivity contribution is 0.101. The molecular formula is C17H26BrNO. The van der Waals surface area contributed by atoms with Gasteiger partial charge in [0.15, 0.2) is 5.78 Å². The molecule has 20 heavy (non-hydrogen) atoms. The average Bonchev–Trinajstić information content (AvgIpc) is 2.48.